The highest BCUT2D eigenvalue weighted by molar-refractivity contribution is 5.87. The van der Waals surface area contributed by atoms with Crippen LogP contribution in [0.1, 0.15) is 46.0 Å². The van der Waals surface area contributed by atoms with Gasteiger partial charge in [-0.15, -0.1) is 0 Å². The maximum absolute atomic E-state index is 12.7. The Morgan fingerprint density at radius 2 is 2.39 bits per heavy atom. The molecule has 0 radical (unpaired) electrons. The van der Waals surface area contributed by atoms with Crippen LogP contribution in [0, 0.1) is 5.92 Å². The van der Waals surface area contributed by atoms with Crippen LogP contribution in [-0.4, -0.2) is 47.2 Å². The van der Waals surface area contributed by atoms with Gasteiger partial charge in [0.2, 0.25) is 5.91 Å². The van der Waals surface area contributed by atoms with Crippen LogP contribution in [0.25, 0.3) is 0 Å². The van der Waals surface area contributed by atoms with Gasteiger partial charge in [0.1, 0.15) is 0 Å². The smallest absolute Gasteiger partial charge is 0.242 e. The molecule has 2 saturated heterocycles. The first-order chi connectivity index (χ1) is 8.59. The Bertz CT molecular complexity index is 298. The molecule has 0 bridgehead atoms. The minimum Gasteiger partial charge on any atom is -0.393 e. The molecular weight excluding hydrogens is 228 g/mol. The Morgan fingerprint density at radius 1 is 1.61 bits per heavy atom. The van der Waals surface area contributed by atoms with Crippen molar-refractivity contribution in [2.75, 3.05) is 19.6 Å². The van der Waals surface area contributed by atoms with Crippen molar-refractivity contribution in [3.8, 4) is 0 Å². The first-order valence-corrected chi connectivity index (χ1v) is 7.31. The van der Waals surface area contributed by atoms with Crippen LogP contribution in [0.5, 0.6) is 0 Å². The maximum Gasteiger partial charge on any atom is 0.242 e. The lowest BCUT2D eigenvalue weighted by atomic mass is 9.90. The van der Waals surface area contributed by atoms with E-state index in [1.807, 2.05) is 11.8 Å². The molecule has 2 heterocycles. The third kappa shape index (κ3) is 2.54. The summed E-state index contributed by atoms with van der Waals surface area (Å²) in [5.41, 5.74) is -0.303. The summed E-state index contributed by atoms with van der Waals surface area (Å²) in [5, 5.41) is 13.1. The Kier molecular flexibility index (Phi) is 4.28. The molecule has 0 spiro atoms. The van der Waals surface area contributed by atoms with Gasteiger partial charge in [-0.2, -0.15) is 0 Å². The summed E-state index contributed by atoms with van der Waals surface area (Å²) in [5.74, 6) is 0.527. The van der Waals surface area contributed by atoms with Crippen molar-refractivity contribution in [3.63, 3.8) is 0 Å². The van der Waals surface area contributed by atoms with Gasteiger partial charge in [-0.25, -0.2) is 0 Å². The molecule has 0 aliphatic carbocycles. The molecule has 3 atom stereocenters. The number of aliphatic hydroxyl groups excluding tert-OH is 1. The zero-order chi connectivity index (χ0) is 13.2. The van der Waals surface area contributed by atoms with E-state index < -0.39 is 0 Å². The first-order valence-electron chi connectivity index (χ1n) is 7.31. The van der Waals surface area contributed by atoms with Crippen LogP contribution in [0.3, 0.4) is 0 Å². The van der Waals surface area contributed by atoms with Gasteiger partial charge in [0, 0.05) is 19.0 Å². The molecule has 3 unspecified atom stereocenters. The van der Waals surface area contributed by atoms with E-state index in [0.717, 1.165) is 51.7 Å². The van der Waals surface area contributed by atoms with Gasteiger partial charge in [-0.1, -0.05) is 13.3 Å². The molecule has 2 aliphatic heterocycles. The second-order valence-electron chi connectivity index (χ2n) is 5.90. The summed E-state index contributed by atoms with van der Waals surface area (Å²) >= 11 is 0. The third-order valence-corrected chi connectivity index (χ3v) is 4.52. The number of carbonyl (C=O) groups excluding carboxylic acids is 1. The second kappa shape index (κ2) is 5.57. The van der Waals surface area contributed by atoms with Gasteiger partial charge in [0.05, 0.1) is 11.6 Å². The van der Waals surface area contributed by atoms with Gasteiger partial charge in [0.25, 0.3) is 0 Å². The molecular formula is C14H26N2O2. The quantitative estimate of drug-likeness (QED) is 0.791. The minimum absolute atomic E-state index is 0.258. The van der Waals surface area contributed by atoms with Crippen molar-refractivity contribution < 1.29 is 9.90 Å². The van der Waals surface area contributed by atoms with E-state index in [-0.39, 0.29) is 23.5 Å². The van der Waals surface area contributed by atoms with Crippen LogP contribution in [-0.2, 0) is 4.79 Å². The largest absolute Gasteiger partial charge is 0.393 e. The summed E-state index contributed by atoms with van der Waals surface area (Å²) in [4.78, 5) is 14.7. The van der Waals surface area contributed by atoms with Gasteiger partial charge >= 0.3 is 0 Å². The van der Waals surface area contributed by atoms with E-state index in [1.54, 1.807) is 0 Å². The molecule has 4 heteroatoms. The standard InChI is InChI=1S/C14H26N2O2/c1-3-6-14(7-4-8-15-14)13(18)16-9-5-12(10-16)11(2)17/h11-12,15,17H,3-10H2,1-2H3. The van der Waals surface area contributed by atoms with Gasteiger partial charge in [0.15, 0.2) is 0 Å². The Hall–Kier alpha value is -0.610. The zero-order valence-electron chi connectivity index (χ0n) is 11.6. The number of hydrogen-bond acceptors (Lipinski definition) is 3. The van der Waals surface area contributed by atoms with Crippen LogP contribution in [0.4, 0.5) is 0 Å². The number of amides is 1. The van der Waals surface area contributed by atoms with Gasteiger partial charge < -0.3 is 15.3 Å². The van der Waals surface area contributed by atoms with E-state index in [9.17, 15) is 9.90 Å². The molecule has 0 aromatic carbocycles. The molecule has 0 saturated carbocycles. The number of rotatable bonds is 4. The number of carbonyl (C=O) groups is 1. The topological polar surface area (TPSA) is 52.6 Å². The molecule has 0 aromatic rings. The summed E-state index contributed by atoms with van der Waals surface area (Å²) in [7, 11) is 0. The predicted octanol–water partition coefficient (Wildman–Crippen LogP) is 1.14. The lowest BCUT2D eigenvalue weighted by molar-refractivity contribution is -0.137. The highest BCUT2D eigenvalue weighted by atomic mass is 16.3. The molecule has 104 valence electrons. The van der Waals surface area contributed by atoms with E-state index in [0.29, 0.717) is 0 Å². The fourth-order valence-electron chi connectivity index (χ4n) is 3.40. The summed E-state index contributed by atoms with van der Waals surface area (Å²) < 4.78 is 0. The fraction of sp³-hybridized carbons (Fsp3) is 0.929. The van der Waals surface area contributed by atoms with Crippen molar-refractivity contribution in [1.29, 1.82) is 0 Å². The monoisotopic (exact) mass is 254 g/mol. The number of likely N-dealkylation sites (tertiary alicyclic amines) is 1. The molecule has 2 fully saturated rings. The van der Waals surface area contributed by atoms with Crippen LogP contribution in [0.2, 0.25) is 0 Å². The number of aliphatic hydroxyl groups is 1. The summed E-state index contributed by atoms with van der Waals surface area (Å²) in [6.45, 7) is 6.45. The molecule has 1 amide bonds. The highest BCUT2D eigenvalue weighted by Crippen LogP contribution is 2.30. The Balaban J connectivity index is 2.02. The Labute approximate surface area is 110 Å². The SMILES string of the molecule is CCCC1(C(=O)N2CCC(C(C)O)C2)CCCN1. The van der Waals surface area contributed by atoms with Crippen LogP contribution >= 0.6 is 0 Å². The molecule has 0 aromatic heterocycles. The normalized spacial score (nSPS) is 33.9. The predicted molar refractivity (Wildman–Crippen MR) is 71.2 cm³/mol. The van der Waals surface area contributed by atoms with Crippen molar-refractivity contribution in [1.82, 2.24) is 10.2 Å². The number of nitrogens with one attached hydrogen (secondary N) is 1. The first kappa shape index (κ1) is 13.8. The molecule has 2 rings (SSSR count). The second-order valence-corrected chi connectivity index (χ2v) is 5.90. The van der Waals surface area contributed by atoms with E-state index in [1.165, 1.54) is 0 Å². The number of nitrogens with zero attached hydrogens (tertiary/aromatic N) is 1. The van der Waals surface area contributed by atoms with Crippen molar-refractivity contribution >= 4 is 5.91 Å². The average Bonchev–Trinajstić information content (AvgIpc) is 2.97. The van der Waals surface area contributed by atoms with E-state index in [4.69, 9.17) is 0 Å². The van der Waals surface area contributed by atoms with Crippen LogP contribution < -0.4 is 5.32 Å². The van der Waals surface area contributed by atoms with Gasteiger partial charge in [-0.3, -0.25) is 4.79 Å². The average molecular weight is 254 g/mol. The van der Waals surface area contributed by atoms with Crippen molar-refractivity contribution in [2.45, 2.75) is 57.6 Å². The zero-order valence-corrected chi connectivity index (χ0v) is 11.6. The fourth-order valence-corrected chi connectivity index (χ4v) is 3.40. The molecule has 2 aliphatic rings. The third-order valence-electron chi connectivity index (χ3n) is 4.52. The Morgan fingerprint density at radius 3 is 2.89 bits per heavy atom. The molecule has 18 heavy (non-hydrogen) atoms. The molecule has 4 nitrogen and oxygen atoms in total. The van der Waals surface area contributed by atoms with E-state index >= 15 is 0 Å². The number of hydrogen-bond donors (Lipinski definition) is 2. The maximum atomic E-state index is 12.7. The van der Waals surface area contributed by atoms with Crippen molar-refractivity contribution in [3.05, 3.63) is 0 Å². The lowest BCUT2D eigenvalue weighted by Crippen LogP contribution is -2.54. The van der Waals surface area contributed by atoms with Crippen LogP contribution in [0.15, 0.2) is 0 Å². The molecule has 2 N–H and O–H groups in total. The van der Waals surface area contributed by atoms with E-state index in [2.05, 4.69) is 12.2 Å². The highest BCUT2D eigenvalue weighted by Gasteiger charge is 2.44. The lowest BCUT2D eigenvalue weighted by Gasteiger charge is -2.32. The summed E-state index contributed by atoms with van der Waals surface area (Å²) in [6, 6.07) is 0. The van der Waals surface area contributed by atoms with Gasteiger partial charge in [-0.05, 0) is 39.2 Å². The summed E-state index contributed by atoms with van der Waals surface area (Å²) in [6.07, 6.45) is 4.66. The minimum atomic E-state index is -0.304. The van der Waals surface area contributed by atoms with Crippen molar-refractivity contribution in [2.24, 2.45) is 5.92 Å².